The van der Waals surface area contributed by atoms with E-state index >= 15 is 0 Å². The van der Waals surface area contributed by atoms with Crippen molar-refractivity contribution in [3.05, 3.63) is 69.7 Å². The van der Waals surface area contributed by atoms with Crippen LogP contribution in [-0.2, 0) is 0 Å². The number of hydrogen-bond donors (Lipinski definition) is 2. The number of halogens is 1. The van der Waals surface area contributed by atoms with E-state index in [9.17, 15) is 4.79 Å². The molecular weight excluding hydrogens is 370 g/mol. The first kappa shape index (κ1) is 18.2. The van der Waals surface area contributed by atoms with E-state index in [4.69, 9.17) is 17.0 Å². The number of nitrogens with zero attached hydrogens (tertiary/aromatic N) is 3. The zero-order chi connectivity index (χ0) is 18.7. The van der Waals surface area contributed by atoms with Crippen LogP contribution in [0.15, 0.2) is 58.6 Å². The van der Waals surface area contributed by atoms with Gasteiger partial charge in [-0.1, -0.05) is 11.6 Å². The fraction of sp³-hybridized carbons (Fsp3) is 0.111. The van der Waals surface area contributed by atoms with E-state index < -0.39 is 0 Å². The summed E-state index contributed by atoms with van der Waals surface area (Å²) in [7, 11) is 1.61. The summed E-state index contributed by atoms with van der Waals surface area (Å²) in [6.45, 7) is 0. The molecule has 2 N–H and O–H groups in total. The third-order valence-electron chi connectivity index (χ3n) is 3.77. The fourth-order valence-corrected chi connectivity index (χ4v) is 3.21. The van der Waals surface area contributed by atoms with Crippen molar-refractivity contribution in [2.75, 3.05) is 13.3 Å². The minimum absolute atomic E-state index is 0.0239. The lowest BCUT2D eigenvalue weighted by atomic mass is 10.2. The van der Waals surface area contributed by atoms with Gasteiger partial charge >= 0.3 is 0 Å². The molecule has 2 heterocycles. The van der Waals surface area contributed by atoms with Crippen LogP contribution in [0.3, 0.4) is 0 Å². The summed E-state index contributed by atoms with van der Waals surface area (Å²) in [4.78, 5) is 22.0. The van der Waals surface area contributed by atoms with Gasteiger partial charge in [-0.2, -0.15) is 0 Å². The van der Waals surface area contributed by atoms with Crippen LogP contribution in [0.25, 0.3) is 17.1 Å². The maximum atomic E-state index is 13.3. The van der Waals surface area contributed by atoms with E-state index in [-0.39, 0.29) is 17.0 Å². The zero-order valence-corrected chi connectivity index (χ0v) is 15.7. The lowest BCUT2D eigenvalue weighted by molar-refractivity contribution is 0.888. The van der Waals surface area contributed by atoms with Crippen molar-refractivity contribution < 1.29 is 0 Å². The topological polar surface area (TPSA) is 83.7 Å². The summed E-state index contributed by atoms with van der Waals surface area (Å²) in [5.41, 5.74) is 1.28. The summed E-state index contributed by atoms with van der Waals surface area (Å²) < 4.78 is 1.49. The van der Waals surface area contributed by atoms with E-state index in [1.54, 1.807) is 55.8 Å². The number of thioether (sulfide) groups is 1. The normalized spacial score (nSPS) is 10.6. The largest absolute Gasteiger partial charge is 0.373 e. The molecule has 0 aliphatic carbocycles. The lowest BCUT2D eigenvalue weighted by Gasteiger charge is -2.17. The molecule has 0 spiro atoms. The highest BCUT2D eigenvalue weighted by molar-refractivity contribution is 7.98. The molecule has 0 aliphatic rings. The van der Waals surface area contributed by atoms with Crippen molar-refractivity contribution in [3.63, 3.8) is 0 Å². The van der Waals surface area contributed by atoms with Crippen LogP contribution in [-0.4, -0.2) is 33.7 Å². The van der Waals surface area contributed by atoms with Crippen molar-refractivity contribution in [2.45, 2.75) is 5.03 Å². The van der Waals surface area contributed by atoms with Crippen molar-refractivity contribution in [1.82, 2.24) is 19.9 Å². The van der Waals surface area contributed by atoms with Crippen LogP contribution in [0.1, 0.15) is 5.56 Å². The summed E-state index contributed by atoms with van der Waals surface area (Å²) in [6.07, 6.45) is 5.13. The first-order chi connectivity index (χ1) is 12.6. The average Bonchev–Trinajstić information content (AvgIpc) is 2.68. The molecular formula is C18H16ClN5OS. The molecule has 0 aliphatic heterocycles. The van der Waals surface area contributed by atoms with Gasteiger partial charge < -0.3 is 5.32 Å². The average molecular weight is 386 g/mol. The van der Waals surface area contributed by atoms with Crippen LogP contribution in [0.2, 0.25) is 5.02 Å². The molecule has 26 heavy (non-hydrogen) atoms. The molecule has 0 atom stereocenters. The van der Waals surface area contributed by atoms with Gasteiger partial charge in [0, 0.05) is 30.0 Å². The Hall–Kier alpha value is -2.64. The van der Waals surface area contributed by atoms with Crippen molar-refractivity contribution in [1.29, 1.82) is 5.41 Å². The lowest BCUT2D eigenvalue weighted by Crippen LogP contribution is -2.33. The summed E-state index contributed by atoms with van der Waals surface area (Å²) in [5.74, 6) is 0.507. The third kappa shape index (κ3) is 3.36. The van der Waals surface area contributed by atoms with Crippen LogP contribution >= 0.6 is 23.4 Å². The van der Waals surface area contributed by atoms with Gasteiger partial charge in [0.05, 0.1) is 5.69 Å². The molecule has 0 bridgehead atoms. The smallest absolute Gasteiger partial charge is 0.270 e. The molecule has 0 amide bonds. The number of amidine groups is 1. The van der Waals surface area contributed by atoms with E-state index in [0.29, 0.717) is 21.6 Å². The highest BCUT2D eigenvalue weighted by Gasteiger charge is 2.21. The van der Waals surface area contributed by atoms with Gasteiger partial charge in [-0.15, -0.1) is 11.8 Å². The Morgan fingerprint density at radius 3 is 2.42 bits per heavy atom. The maximum Gasteiger partial charge on any atom is 0.270 e. The molecule has 3 aromatic rings. The van der Waals surface area contributed by atoms with E-state index in [0.717, 1.165) is 5.56 Å². The van der Waals surface area contributed by atoms with E-state index in [1.165, 1.54) is 16.3 Å². The minimum Gasteiger partial charge on any atom is -0.373 e. The van der Waals surface area contributed by atoms with Crippen molar-refractivity contribution in [2.24, 2.45) is 0 Å². The van der Waals surface area contributed by atoms with Gasteiger partial charge in [-0.05, 0) is 42.7 Å². The maximum absolute atomic E-state index is 13.3. The third-order valence-corrected chi connectivity index (χ3v) is 4.70. The molecule has 0 fully saturated rings. The first-order valence-electron chi connectivity index (χ1n) is 7.71. The molecule has 1 aromatic carbocycles. The Bertz CT molecular complexity index is 1000. The van der Waals surface area contributed by atoms with Gasteiger partial charge in [0.2, 0.25) is 0 Å². The minimum atomic E-state index is -0.321. The Morgan fingerprint density at radius 1 is 1.19 bits per heavy atom. The highest BCUT2D eigenvalue weighted by atomic mass is 35.5. The molecule has 132 valence electrons. The second-order valence-corrected chi connectivity index (χ2v) is 6.53. The van der Waals surface area contributed by atoms with Crippen LogP contribution in [0.4, 0.5) is 0 Å². The molecule has 0 unspecified atom stereocenters. The Kier molecular flexibility index (Phi) is 5.39. The number of aromatic nitrogens is 3. The Morgan fingerprint density at radius 2 is 1.85 bits per heavy atom. The fourth-order valence-electron chi connectivity index (χ4n) is 2.51. The van der Waals surface area contributed by atoms with Gasteiger partial charge in [-0.3, -0.25) is 19.8 Å². The monoisotopic (exact) mass is 385 g/mol. The van der Waals surface area contributed by atoms with Crippen molar-refractivity contribution >= 4 is 29.2 Å². The molecule has 2 aromatic heterocycles. The Balaban J connectivity index is 2.40. The van der Waals surface area contributed by atoms with E-state index in [1.807, 2.05) is 6.26 Å². The summed E-state index contributed by atoms with van der Waals surface area (Å²) in [5, 5.41) is 11.9. The molecule has 0 saturated carbocycles. The van der Waals surface area contributed by atoms with E-state index in [2.05, 4.69) is 15.3 Å². The molecule has 0 radical (unpaired) electrons. The second-order valence-electron chi connectivity index (χ2n) is 5.30. The predicted octanol–water partition coefficient (Wildman–Crippen LogP) is 3.21. The molecule has 8 heteroatoms. The molecule has 3 rings (SSSR count). The number of hydrogen-bond acceptors (Lipinski definition) is 5. The standard InChI is InChI=1S/C18H16ClN5OS/c1-21-15(20)14-17(26-2)23-16(11-7-9-22-10-8-11)24(18(14)25)13-5-3-12(19)4-6-13/h3-10H,1-2H3,(H2,20,21). The molecule has 6 nitrogen and oxygen atoms in total. The van der Waals surface area contributed by atoms with Crippen molar-refractivity contribution in [3.8, 4) is 17.1 Å². The highest BCUT2D eigenvalue weighted by Crippen LogP contribution is 2.24. The molecule has 0 saturated heterocycles. The number of benzene rings is 1. The van der Waals surface area contributed by atoms with Crippen LogP contribution < -0.4 is 10.9 Å². The summed E-state index contributed by atoms with van der Waals surface area (Å²) >= 11 is 7.32. The zero-order valence-electron chi connectivity index (χ0n) is 14.2. The first-order valence-corrected chi connectivity index (χ1v) is 9.31. The quantitative estimate of drug-likeness (QED) is 0.312. The van der Waals surface area contributed by atoms with Gasteiger partial charge in [0.25, 0.3) is 5.56 Å². The van der Waals surface area contributed by atoms with Crippen LogP contribution in [0.5, 0.6) is 0 Å². The number of nitrogens with one attached hydrogen (secondary N) is 2. The number of rotatable bonds is 4. The van der Waals surface area contributed by atoms with Gasteiger partial charge in [-0.25, -0.2) is 4.98 Å². The predicted molar refractivity (Wildman–Crippen MR) is 106 cm³/mol. The SMILES string of the molecule is CNC(=N)c1c(SC)nc(-c2ccncc2)n(-c2ccc(Cl)cc2)c1=O. The summed E-state index contributed by atoms with van der Waals surface area (Å²) in [6, 6.07) is 10.5. The second kappa shape index (κ2) is 7.72. The Labute approximate surface area is 159 Å². The van der Waals surface area contributed by atoms with Gasteiger partial charge in [0.15, 0.2) is 0 Å². The van der Waals surface area contributed by atoms with Crippen LogP contribution in [0, 0.1) is 5.41 Å². The van der Waals surface area contributed by atoms with Gasteiger partial charge in [0.1, 0.15) is 22.2 Å². The number of pyridine rings is 1.